The molecule has 5 aliphatic rings. The second-order valence-electron chi connectivity index (χ2n) is 8.91. The lowest BCUT2D eigenvalue weighted by atomic mass is 9.67. The van der Waals surface area contributed by atoms with E-state index >= 15 is 0 Å². The van der Waals surface area contributed by atoms with Crippen LogP contribution in [0.1, 0.15) is 32.3 Å². The van der Waals surface area contributed by atoms with Crippen molar-refractivity contribution in [1.29, 1.82) is 0 Å². The number of hydroxylamine groups is 1. The molecular formula is C22H28N2O6. The molecule has 4 heterocycles. The first-order valence-corrected chi connectivity index (χ1v) is 10.6. The van der Waals surface area contributed by atoms with Gasteiger partial charge in [-0.05, 0) is 24.5 Å². The number of carbonyl (C=O) groups is 2. The average Bonchev–Trinajstić information content (AvgIpc) is 3.07. The molecule has 162 valence electrons. The smallest absolute Gasteiger partial charge is 0.303 e. The summed E-state index contributed by atoms with van der Waals surface area (Å²) in [4.78, 5) is 31.4. The van der Waals surface area contributed by atoms with Crippen LogP contribution < -0.4 is 10.4 Å². The summed E-state index contributed by atoms with van der Waals surface area (Å²) in [7, 11) is 1.48. The Morgan fingerprint density at radius 1 is 1.40 bits per heavy atom. The number of para-hydroxylation sites is 1. The molecule has 4 aliphatic heterocycles. The topological polar surface area (TPSA) is 97.3 Å². The van der Waals surface area contributed by atoms with Crippen molar-refractivity contribution in [3.05, 3.63) is 29.8 Å². The zero-order valence-electron chi connectivity index (χ0n) is 17.5. The van der Waals surface area contributed by atoms with Crippen molar-refractivity contribution in [3.8, 4) is 0 Å². The van der Waals surface area contributed by atoms with Gasteiger partial charge in [0, 0.05) is 30.3 Å². The largest absolute Gasteiger partial charge is 0.459 e. The highest BCUT2D eigenvalue weighted by molar-refractivity contribution is 6.07. The van der Waals surface area contributed by atoms with Gasteiger partial charge in [-0.25, -0.2) is 0 Å². The van der Waals surface area contributed by atoms with Gasteiger partial charge < -0.3 is 19.9 Å². The second-order valence-corrected chi connectivity index (χ2v) is 8.91. The first-order valence-electron chi connectivity index (χ1n) is 10.6. The van der Waals surface area contributed by atoms with E-state index in [-0.39, 0.29) is 30.4 Å². The molecule has 7 atom stereocenters. The van der Waals surface area contributed by atoms with Crippen molar-refractivity contribution < 1.29 is 29.0 Å². The fraction of sp³-hybridized carbons (Fsp3) is 0.636. The van der Waals surface area contributed by atoms with Crippen LogP contribution in [0.5, 0.6) is 0 Å². The number of hydrogen-bond donors (Lipinski definition) is 2. The molecule has 4 fully saturated rings. The number of carbonyl (C=O) groups excluding carboxylic acids is 2. The molecule has 6 rings (SSSR count). The van der Waals surface area contributed by atoms with E-state index in [1.165, 1.54) is 19.1 Å². The summed E-state index contributed by atoms with van der Waals surface area (Å²) >= 11 is 0. The van der Waals surface area contributed by atoms with Crippen molar-refractivity contribution in [2.45, 2.75) is 55.9 Å². The van der Waals surface area contributed by atoms with Gasteiger partial charge in [0.05, 0.1) is 26.0 Å². The molecule has 0 aromatic heterocycles. The van der Waals surface area contributed by atoms with Gasteiger partial charge in [-0.1, -0.05) is 25.1 Å². The number of nitrogens with zero attached hydrogens (tertiary/aromatic N) is 1. The molecule has 1 aromatic carbocycles. The molecule has 1 aromatic rings. The third-order valence-corrected chi connectivity index (χ3v) is 7.80. The number of ether oxygens (including phenoxy) is 2. The maximum absolute atomic E-state index is 13.8. The standard InChI is InChI=1S/C22H28N2O6/c1-4-21(11-25)17-13-10-29-19(18(17)30-12(2)26)22(9-15(13)23-21)14-7-5-6-8-16(14)24(28-3)20(22)27/h5-8,13,15,17-19,23,25H,4,9-11H2,1-3H3/t13-,15+,17+,18-,19-,21+,22+/m1/s1. The van der Waals surface area contributed by atoms with Crippen molar-refractivity contribution in [3.63, 3.8) is 0 Å². The highest BCUT2D eigenvalue weighted by atomic mass is 16.7. The lowest BCUT2D eigenvalue weighted by Crippen LogP contribution is -2.65. The summed E-state index contributed by atoms with van der Waals surface area (Å²) < 4.78 is 12.2. The molecule has 2 N–H and O–H groups in total. The van der Waals surface area contributed by atoms with Crippen molar-refractivity contribution in [2.75, 3.05) is 25.4 Å². The summed E-state index contributed by atoms with van der Waals surface area (Å²) in [5, 5.41) is 15.3. The van der Waals surface area contributed by atoms with E-state index < -0.39 is 29.1 Å². The molecule has 30 heavy (non-hydrogen) atoms. The number of anilines is 1. The Kier molecular flexibility index (Phi) is 4.49. The molecule has 1 amide bonds. The number of aliphatic hydroxyl groups excluding tert-OH is 1. The highest BCUT2D eigenvalue weighted by Gasteiger charge is 2.71. The molecule has 0 radical (unpaired) electrons. The zero-order chi connectivity index (χ0) is 21.3. The van der Waals surface area contributed by atoms with E-state index in [1.807, 2.05) is 31.2 Å². The van der Waals surface area contributed by atoms with Gasteiger partial charge in [0.25, 0.3) is 5.91 Å². The number of fused-ring (bicyclic) bond motifs is 2. The van der Waals surface area contributed by atoms with E-state index in [1.54, 1.807) is 0 Å². The fourth-order valence-corrected chi connectivity index (χ4v) is 6.61. The van der Waals surface area contributed by atoms with Crippen molar-refractivity contribution in [2.24, 2.45) is 11.8 Å². The Morgan fingerprint density at radius 2 is 2.17 bits per heavy atom. The van der Waals surface area contributed by atoms with Crippen molar-refractivity contribution in [1.82, 2.24) is 5.32 Å². The summed E-state index contributed by atoms with van der Waals surface area (Å²) in [6.07, 6.45) is -0.121. The van der Waals surface area contributed by atoms with E-state index in [9.17, 15) is 14.7 Å². The van der Waals surface area contributed by atoms with E-state index in [4.69, 9.17) is 14.3 Å². The normalized spacial score (nSPS) is 41.3. The maximum Gasteiger partial charge on any atom is 0.303 e. The van der Waals surface area contributed by atoms with Crippen LogP contribution in [0.15, 0.2) is 24.3 Å². The summed E-state index contributed by atoms with van der Waals surface area (Å²) in [6.45, 7) is 3.80. The number of benzene rings is 1. The Labute approximate surface area is 175 Å². The second kappa shape index (κ2) is 6.75. The Hall–Kier alpha value is -2.00. The molecule has 1 spiro atoms. The zero-order valence-corrected chi connectivity index (χ0v) is 17.5. The van der Waals surface area contributed by atoms with Crippen LogP contribution in [0, 0.1) is 11.8 Å². The third kappa shape index (κ3) is 2.30. The van der Waals surface area contributed by atoms with Crippen LogP contribution in [0.3, 0.4) is 0 Å². The molecule has 4 bridgehead atoms. The van der Waals surface area contributed by atoms with E-state index in [0.717, 1.165) is 5.56 Å². The van der Waals surface area contributed by atoms with Gasteiger partial charge in [0.15, 0.2) is 0 Å². The van der Waals surface area contributed by atoms with Crippen LogP contribution in [-0.4, -0.2) is 61.1 Å². The van der Waals surface area contributed by atoms with Gasteiger partial charge in [-0.2, -0.15) is 5.06 Å². The Morgan fingerprint density at radius 3 is 2.83 bits per heavy atom. The molecule has 1 saturated carbocycles. The van der Waals surface area contributed by atoms with Crippen LogP contribution in [0.2, 0.25) is 0 Å². The summed E-state index contributed by atoms with van der Waals surface area (Å²) in [5.74, 6) is -0.723. The molecule has 3 saturated heterocycles. The number of aliphatic hydroxyl groups is 1. The first kappa shape index (κ1) is 19.9. The monoisotopic (exact) mass is 416 g/mol. The van der Waals surface area contributed by atoms with Gasteiger partial charge >= 0.3 is 5.97 Å². The predicted molar refractivity (Wildman–Crippen MR) is 107 cm³/mol. The van der Waals surface area contributed by atoms with E-state index in [2.05, 4.69) is 5.32 Å². The van der Waals surface area contributed by atoms with Crippen LogP contribution >= 0.6 is 0 Å². The number of amides is 1. The van der Waals surface area contributed by atoms with E-state index in [0.29, 0.717) is 25.1 Å². The number of hydrogen-bond acceptors (Lipinski definition) is 7. The van der Waals surface area contributed by atoms with Gasteiger partial charge in [0.2, 0.25) is 0 Å². The predicted octanol–water partition coefficient (Wildman–Crippen LogP) is 0.912. The first-order chi connectivity index (χ1) is 14.4. The highest BCUT2D eigenvalue weighted by Crippen LogP contribution is 2.59. The quantitative estimate of drug-likeness (QED) is 0.704. The molecule has 1 aliphatic carbocycles. The number of nitrogens with one attached hydrogen (secondary N) is 1. The fourth-order valence-electron chi connectivity index (χ4n) is 6.61. The minimum absolute atomic E-state index is 0.0358. The lowest BCUT2D eigenvalue weighted by Gasteiger charge is -2.48. The maximum atomic E-state index is 13.8. The van der Waals surface area contributed by atoms with Crippen LogP contribution in [0.4, 0.5) is 5.69 Å². The molecule has 0 unspecified atom stereocenters. The van der Waals surface area contributed by atoms with Gasteiger partial charge in [-0.15, -0.1) is 0 Å². The summed E-state index contributed by atoms with van der Waals surface area (Å²) in [5.41, 5.74) is -0.0647. The number of esters is 1. The van der Waals surface area contributed by atoms with Crippen LogP contribution in [0.25, 0.3) is 0 Å². The Balaban J connectivity index is 1.71. The van der Waals surface area contributed by atoms with Crippen LogP contribution in [-0.2, 0) is 29.3 Å². The molecular weight excluding hydrogens is 388 g/mol. The molecule has 8 heteroatoms. The Bertz CT molecular complexity index is 886. The minimum atomic E-state index is -1.02. The van der Waals surface area contributed by atoms with Gasteiger partial charge in [-0.3, -0.25) is 14.4 Å². The molecule has 8 nitrogen and oxygen atoms in total. The summed E-state index contributed by atoms with van der Waals surface area (Å²) in [6, 6.07) is 7.52. The minimum Gasteiger partial charge on any atom is -0.459 e. The third-order valence-electron chi connectivity index (χ3n) is 7.80. The van der Waals surface area contributed by atoms with Gasteiger partial charge in [0.1, 0.15) is 17.6 Å². The van der Waals surface area contributed by atoms with Crippen molar-refractivity contribution >= 4 is 17.6 Å². The average molecular weight is 416 g/mol. The lowest BCUT2D eigenvalue weighted by molar-refractivity contribution is -0.192. The SMILES string of the molecule is CC[C@@]1(CO)N[C@H]2C[C@@]3(C(=O)N(OC)c4ccccc43)[C@@H]3OC[C@H]2[C@H]1[C@H]3OC(C)=O. The number of rotatable bonds is 4.